The van der Waals surface area contributed by atoms with Crippen molar-refractivity contribution in [3.05, 3.63) is 59.1 Å². The number of benzene rings is 2. The van der Waals surface area contributed by atoms with Gasteiger partial charge in [0.05, 0.1) is 10.7 Å². The minimum atomic E-state index is 0. The Balaban J connectivity index is 0.00000169. The lowest BCUT2D eigenvalue weighted by Crippen LogP contribution is -2.48. The van der Waals surface area contributed by atoms with Crippen molar-refractivity contribution in [1.29, 1.82) is 0 Å². The number of anilines is 2. The number of hydrogen-bond donors (Lipinski definition) is 1. The maximum absolute atomic E-state index is 12.4. The molecule has 0 aliphatic carbocycles. The number of carbonyl (C=O) groups excluding carboxylic acids is 1. The predicted molar refractivity (Wildman–Crippen MR) is 114 cm³/mol. The van der Waals surface area contributed by atoms with E-state index in [9.17, 15) is 4.79 Å². The quantitative estimate of drug-likeness (QED) is 0.765. The summed E-state index contributed by atoms with van der Waals surface area (Å²) in [6.07, 6.45) is 1.19. The molecule has 0 atom stereocenters. The van der Waals surface area contributed by atoms with Crippen LogP contribution < -0.4 is 10.6 Å². The molecule has 1 aliphatic rings. The molecule has 142 valence electrons. The first-order valence-corrected chi connectivity index (χ1v) is 8.63. The predicted octanol–water partition coefficient (Wildman–Crippen LogP) is 4.05. The molecule has 4 nitrogen and oxygen atoms in total. The number of piperazine rings is 1. The SMILES string of the molecule is Cl.Cl.Nc1ccccc1CCC(=O)N1CCN(c2ccccc2Cl)CC1. The Kier molecular flexibility index (Phi) is 9.06. The molecule has 1 saturated heterocycles. The summed E-state index contributed by atoms with van der Waals surface area (Å²) in [5.41, 5.74) is 8.78. The molecule has 3 rings (SSSR count). The normalized spacial score (nSPS) is 13.6. The van der Waals surface area contributed by atoms with Gasteiger partial charge in [0.15, 0.2) is 0 Å². The lowest BCUT2D eigenvalue weighted by atomic mass is 10.1. The van der Waals surface area contributed by atoms with Crippen LogP contribution in [0.25, 0.3) is 0 Å². The molecule has 0 bridgehead atoms. The van der Waals surface area contributed by atoms with E-state index < -0.39 is 0 Å². The molecule has 26 heavy (non-hydrogen) atoms. The Bertz CT molecular complexity index is 719. The van der Waals surface area contributed by atoms with Gasteiger partial charge in [-0.15, -0.1) is 24.8 Å². The third-order valence-corrected chi connectivity index (χ3v) is 4.81. The highest BCUT2D eigenvalue weighted by molar-refractivity contribution is 6.33. The van der Waals surface area contributed by atoms with Crippen molar-refractivity contribution < 1.29 is 4.79 Å². The molecule has 2 N–H and O–H groups in total. The number of rotatable bonds is 4. The van der Waals surface area contributed by atoms with Crippen LogP contribution in [0.5, 0.6) is 0 Å². The van der Waals surface area contributed by atoms with Crippen molar-refractivity contribution in [2.24, 2.45) is 0 Å². The van der Waals surface area contributed by atoms with Crippen LogP contribution in [-0.4, -0.2) is 37.0 Å². The van der Waals surface area contributed by atoms with E-state index in [2.05, 4.69) is 4.90 Å². The molecule has 0 aromatic heterocycles. The smallest absolute Gasteiger partial charge is 0.223 e. The second-order valence-electron chi connectivity index (χ2n) is 6.02. The van der Waals surface area contributed by atoms with E-state index in [0.29, 0.717) is 12.8 Å². The van der Waals surface area contributed by atoms with Crippen molar-refractivity contribution in [2.45, 2.75) is 12.8 Å². The number of hydrogen-bond acceptors (Lipinski definition) is 3. The van der Waals surface area contributed by atoms with Crippen LogP contribution in [0.1, 0.15) is 12.0 Å². The molecular formula is C19H24Cl3N3O. The first-order valence-electron chi connectivity index (χ1n) is 8.26. The summed E-state index contributed by atoms with van der Waals surface area (Å²) in [7, 11) is 0. The summed E-state index contributed by atoms with van der Waals surface area (Å²) in [4.78, 5) is 16.6. The Morgan fingerprint density at radius 2 is 1.58 bits per heavy atom. The summed E-state index contributed by atoms with van der Waals surface area (Å²) >= 11 is 6.25. The number of carbonyl (C=O) groups is 1. The Hall–Kier alpha value is -1.62. The van der Waals surface area contributed by atoms with Crippen LogP contribution >= 0.6 is 36.4 Å². The van der Waals surface area contributed by atoms with Crippen LogP contribution in [-0.2, 0) is 11.2 Å². The van der Waals surface area contributed by atoms with Gasteiger partial charge in [0.2, 0.25) is 5.91 Å². The van der Waals surface area contributed by atoms with Crippen molar-refractivity contribution in [3.63, 3.8) is 0 Å². The van der Waals surface area contributed by atoms with Gasteiger partial charge in [-0.3, -0.25) is 4.79 Å². The van der Waals surface area contributed by atoms with Crippen LogP contribution in [0.2, 0.25) is 5.02 Å². The van der Waals surface area contributed by atoms with Crippen LogP contribution in [0.3, 0.4) is 0 Å². The zero-order chi connectivity index (χ0) is 16.9. The number of para-hydroxylation sites is 2. The number of halogens is 3. The van der Waals surface area contributed by atoms with Gasteiger partial charge in [-0.2, -0.15) is 0 Å². The standard InChI is InChI=1S/C19H22ClN3O.2ClH/c20-16-6-2-4-8-18(16)22-11-13-23(14-12-22)19(24)10-9-15-5-1-3-7-17(15)21;;/h1-8H,9-14,21H2;2*1H. The number of aryl methyl sites for hydroxylation is 1. The van der Waals surface area contributed by atoms with E-state index in [0.717, 1.165) is 48.1 Å². The van der Waals surface area contributed by atoms with Crippen molar-refractivity contribution >= 4 is 53.7 Å². The lowest BCUT2D eigenvalue weighted by molar-refractivity contribution is -0.131. The first kappa shape index (κ1) is 22.4. The summed E-state index contributed by atoms with van der Waals surface area (Å²) in [5.74, 6) is 0.192. The molecule has 2 aromatic rings. The third kappa shape index (κ3) is 5.44. The average molecular weight is 417 g/mol. The van der Waals surface area contributed by atoms with Crippen LogP contribution in [0, 0.1) is 0 Å². The van der Waals surface area contributed by atoms with Gasteiger partial charge in [0.25, 0.3) is 0 Å². The fourth-order valence-electron chi connectivity index (χ4n) is 3.07. The second-order valence-corrected chi connectivity index (χ2v) is 6.43. The van der Waals surface area contributed by atoms with Crippen LogP contribution in [0.15, 0.2) is 48.5 Å². The highest BCUT2D eigenvalue weighted by Crippen LogP contribution is 2.26. The van der Waals surface area contributed by atoms with Gasteiger partial charge in [-0.05, 0) is 30.2 Å². The Morgan fingerprint density at radius 3 is 2.23 bits per heavy atom. The molecule has 2 aromatic carbocycles. The highest BCUT2D eigenvalue weighted by Gasteiger charge is 2.22. The average Bonchev–Trinajstić information content (AvgIpc) is 2.61. The maximum Gasteiger partial charge on any atom is 0.223 e. The minimum absolute atomic E-state index is 0. The monoisotopic (exact) mass is 415 g/mol. The number of nitrogens with zero attached hydrogens (tertiary/aromatic N) is 2. The number of nitrogens with two attached hydrogens (primary N) is 1. The molecule has 1 aliphatic heterocycles. The van der Waals surface area contributed by atoms with E-state index in [1.165, 1.54) is 0 Å². The highest BCUT2D eigenvalue weighted by atomic mass is 35.5. The fourth-order valence-corrected chi connectivity index (χ4v) is 3.32. The molecule has 7 heteroatoms. The summed E-state index contributed by atoms with van der Waals surface area (Å²) < 4.78 is 0. The van der Waals surface area contributed by atoms with Gasteiger partial charge < -0.3 is 15.5 Å². The zero-order valence-electron chi connectivity index (χ0n) is 14.4. The minimum Gasteiger partial charge on any atom is -0.399 e. The molecule has 1 fully saturated rings. The molecule has 1 amide bonds. The molecule has 0 saturated carbocycles. The van der Waals surface area contributed by atoms with Gasteiger partial charge in [-0.1, -0.05) is 41.9 Å². The van der Waals surface area contributed by atoms with E-state index >= 15 is 0 Å². The molecule has 0 radical (unpaired) electrons. The van der Waals surface area contributed by atoms with Crippen molar-refractivity contribution in [1.82, 2.24) is 4.90 Å². The van der Waals surface area contributed by atoms with Crippen molar-refractivity contribution in [2.75, 3.05) is 36.8 Å². The van der Waals surface area contributed by atoms with E-state index in [1.807, 2.05) is 53.4 Å². The summed E-state index contributed by atoms with van der Waals surface area (Å²) in [5, 5.41) is 0.761. The van der Waals surface area contributed by atoms with Gasteiger partial charge in [0, 0.05) is 38.3 Å². The zero-order valence-corrected chi connectivity index (χ0v) is 16.8. The fraction of sp³-hybridized carbons (Fsp3) is 0.316. The maximum atomic E-state index is 12.4. The van der Waals surface area contributed by atoms with E-state index in [-0.39, 0.29) is 30.7 Å². The van der Waals surface area contributed by atoms with Gasteiger partial charge >= 0.3 is 0 Å². The van der Waals surface area contributed by atoms with E-state index in [1.54, 1.807) is 0 Å². The summed E-state index contributed by atoms with van der Waals surface area (Å²) in [6.45, 7) is 3.08. The second kappa shape index (κ2) is 10.5. The molecular weight excluding hydrogens is 393 g/mol. The van der Waals surface area contributed by atoms with Gasteiger partial charge in [-0.25, -0.2) is 0 Å². The molecule has 0 unspecified atom stereocenters. The molecule has 0 spiro atoms. The molecule has 1 heterocycles. The summed E-state index contributed by atoms with van der Waals surface area (Å²) in [6, 6.07) is 15.6. The lowest BCUT2D eigenvalue weighted by Gasteiger charge is -2.36. The Morgan fingerprint density at radius 1 is 0.962 bits per heavy atom. The Labute approximate surface area is 172 Å². The number of amides is 1. The first-order chi connectivity index (χ1) is 11.6. The van der Waals surface area contributed by atoms with Gasteiger partial charge in [0.1, 0.15) is 0 Å². The number of nitrogen functional groups attached to an aromatic ring is 1. The third-order valence-electron chi connectivity index (χ3n) is 4.49. The van der Waals surface area contributed by atoms with E-state index in [4.69, 9.17) is 17.3 Å². The van der Waals surface area contributed by atoms with Crippen molar-refractivity contribution in [3.8, 4) is 0 Å². The van der Waals surface area contributed by atoms with Crippen LogP contribution in [0.4, 0.5) is 11.4 Å². The topological polar surface area (TPSA) is 49.6 Å². The largest absolute Gasteiger partial charge is 0.399 e.